The van der Waals surface area contributed by atoms with Crippen LogP contribution in [-0.2, 0) is 4.79 Å². The zero-order valence-electron chi connectivity index (χ0n) is 6.13. The maximum atomic E-state index is 10.8. The van der Waals surface area contributed by atoms with Gasteiger partial charge in [0.05, 0.1) is 5.75 Å². The Morgan fingerprint density at radius 2 is 2.40 bits per heavy atom. The lowest BCUT2D eigenvalue weighted by molar-refractivity contribution is -0.120. The molecule has 1 aliphatic carbocycles. The van der Waals surface area contributed by atoms with Crippen LogP contribution in [0.5, 0.6) is 0 Å². The van der Waals surface area contributed by atoms with E-state index in [1.54, 1.807) is 0 Å². The minimum Gasteiger partial charge on any atom is -0.352 e. The summed E-state index contributed by atoms with van der Waals surface area (Å²) in [6.45, 7) is 2.16. The molecule has 10 heavy (non-hydrogen) atoms. The average Bonchev–Trinajstić information content (AvgIpc) is 1.96. The Hall–Kier alpha value is -0.180. The Morgan fingerprint density at radius 3 is 2.70 bits per heavy atom. The molecule has 1 amide bonds. The van der Waals surface area contributed by atoms with Crippen LogP contribution in [-0.4, -0.2) is 17.7 Å². The van der Waals surface area contributed by atoms with Crippen LogP contribution in [0.2, 0.25) is 0 Å². The van der Waals surface area contributed by atoms with E-state index >= 15 is 0 Å². The average molecular weight is 159 g/mol. The molecular formula is C7H13NOS. The predicted molar refractivity (Wildman–Crippen MR) is 44.2 cm³/mol. The summed E-state index contributed by atoms with van der Waals surface area (Å²) in [4.78, 5) is 10.8. The quantitative estimate of drug-likeness (QED) is 0.574. The molecule has 2 unspecified atom stereocenters. The van der Waals surface area contributed by atoms with Crippen molar-refractivity contribution in [2.24, 2.45) is 5.92 Å². The van der Waals surface area contributed by atoms with Gasteiger partial charge in [-0.1, -0.05) is 6.92 Å². The van der Waals surface area contributed by atoms with E-state index in [0.29, 0.717) is 17.7 Å². The lowest BCUT2D eigenvalue weighted by Gasteiger charge is -2.34. The fourth-order valence-corrected chi connectivity index (χ4v) is 1.22. The summed E-state index contributed by atoms with van der Waals surface area (Å²) >= 11 is 3.87. The topological polar surface area (TPSA) is 29.1 Å². The van der Waals surface area contributed by atoms with E-state index in [9.17, 15) is 4.79 Å². The number of amides is 1. The normalized spacial score (nSPS) is 31.0. The molecule has 0 saturated heterocycles. The predicted octanol–water partition coefficient (Wildman–Crippen LogP) is 0.831. The van der Waals surface area contributed by atoms with Gasteiger partial charge >= 0.3 is 0 Å². The highest BCUT2D eigenvalue weighted by atomic mass is 32.1. The summed E-state index contributed by atoms with van der Waals surface area (Å²) in [5.41, 5.74) is 0. The highest BCUT2D eigenvalue weighted by Gasteiger charge is 2.27. The summed E-state index contributed by atoms with van der Waals surface area (Å²) in [6.07, 6.45) is 2.39. The third-order valence-electron chi connectivity index (χ3n) is 2.11. The van der Waals surface area contributed by atoms with E-state index in [4.69, 9.17) is 0 Å². The van der Waals surface area contributed by atoms with Gasteiger partial charge in [0, 0.05) is 6.04 Å². The van der Waals surface area contributed by atoms with Crippen molar-refractivity contribution in [2.45, 2.75) is 25.8 Å². The number of carbonyl (C=O) groups excluding carboxylic acids is 1. The molecule has 0 heterocycles. The number of hydrogen-bond acceptors (Lipinski definition) is 2. The maximum Gasteiger partial charge on any atom is 0.229 e. The van der Waals surface area contributed by atoms with E-state index in [2.05, 4.69) is 24.9 Å². The fraction of sp³-hybridized carbons (Fsp3) is 0.857. The van der Waals surface area contributed by atoms with Crippen molar-refractivity contribution in [1.82, 2.24) is 5.32 Å². The molecule has 0 radical (unpaired) electrons. The second kappa shape index (κ2) is 3.28. The molecule has 2 nitrogen and oxygen atoms in total. The summed E-state index contributed by atoms with van der Waals surface area (Å²) in [6, 6.07) is 0.430. The largest absolute Gasteiger partial charge is 0.352 e. The second-order valence-electron chi connectivity index (χ2n) is 2.89. The summed E-state index contributed by atoms with van der Waals surface area (Å²) in [7, 11) is 0. The standard InChI is InChI=1S/C7H13NOS/c1-5-2-3-6(5)8-7(9)4-10/h5-6,10H,2-4H2,1H3,(H,8,9). The molecule has 1 N–H and O–H groups in total. The first-order valence-corrected chi connectivity index (χ1v) is 4.27. The third kappa shape index (κ3) is 1.66. The Labute approximate surface area is 66.8 Å². The molecule has 0 aromatic heterocycles. The van der Waals surface area contributed by atoms with Gasteiger partial charge in [0.2, 0.25) is 5.91 Å². The maximum absolute atomic E-state index is 10.8. The molecule has 0 aromatic carbocycles. The molecule has 1 aliphatic rings. The number of hydrogen-bond donors (Lipinski definition) is 2. The minimum absolute atomic E-state index is 0.0554. The first-order chi connectivity index (χ1) is 4.74. The van der Waals surface area contributed by atoms with Gasteiger partial charge in [-0.2, -0.15) is 12.6 Å². The zero-order chi connectivity index (χ0) is 7.56. The van der Waals surface area contributed by atoms with Crippen LogP contribution in [0.25, 0.3) is 0 Å². The van der Waals surface area contributed by atoms with Crippen molar-refractivity contribution >= 4 is 18.5 Å². The Kier molecular flexibility index (Phi) is 2.60. The third-order valence-corrected chi connectivity index (χ3v) is 2.40. The molecule has 0 aromatic rings. The first-order valence-electron chi connectivity index (χ1n) is 3.64. The van der Waals surface area contributed by atoms with Crippen molar-refractivity contribution in [3.8, 4) is 0 Å². The summed E-state index contributed by atoms with van der Waals surface area (Å²) < 4.78 is 0. The van der Waals surface area contributed by atoms with Crippen LogP contribution in [0, 0.1) is 5.92 Å². The molecule has 0 bridgehead atoms. The SMILES string of the molecule is CC1CCC1NC(=O)CS. The van der Waals surface area contributed by atoms with Crippen LogP contribution in [0.1, 0.15) is 19.8 Å². The molecule has 58 valence electrons. The lowest BCUT2D eigenvalue weighted by atomic mass is 9.81. The molecule has 1 fully saturated rings. The number of thiol groups is 1. The van der Waals surface area contributed by atoms with Crippen molar-refractivity contribution < 1.29 is 4.79 Å². The number of carbonyl (C=O) groups is 1. The van der Waals surface area contributed by atoms with Gasteiger partial charge in [0.15, 0.2) is 0 Å². The van der Waals surface area contributed by atoms with E-state index in [1.165, 1.54) is 6.42 Å². The van der Waals surface area contributed by atoms with Crippen molar-refractivity contribution in [3.05, 3.63) is 0 Å². The van der Waals surface area contributed by atoms with E-state index in [1.807, 2.05) is 0 Å². The molecule has 0 spiro atoms. The Morgan fingerprint density at radius 1 is 1.70 bits per heavy atom. The van der Waals surface area contributed by atoms with Crippen LogP contribution in [0.4, 0.5) is 0 Å². The van der Waals surface area contributed by atoms with Crippen molar-refractivity contribution in [1.29, 1.82) is 0 Å². The molecule has 3 heteroatoms. The molecule has 2 atom stereocenters. The van der Waals surface area contributed by atoms with Crippen LogP contribution >= 0.6 is 12.6 Å². The summed E-state index contributed by atoms with van der Waals surface area (Å²) in [5, 5.41) is 2.90. The highest BCUT2D eigenvalue weighted by molar-refractivity contribution is 7.81. The van der Waals surface area contributed by atoms with E-state index < -0.39 is 0 Å². The van der Waals surface area contributed by atoms with Crippen molar-refractivity contribution in [2.75, 3.05) is 5.75 Å². The Balaban J connectivity index is 2.19. The lowest BCUT2D eigenvalue weighted by Crippen LogP contribution is -2.45. The van der Waals surface area contributed by atoms with E-state index in [0.717, 1.165) is 6.42 Å². The highest BCUT2D eigenvalue weighted by Crippen LogP contribution is 2.26. The fourth-order valence-electron chi connectivity index (χ4n) is 1.13. The van der Waals surface area contributed by atoms with Crippen LogP contribution in [0.15, 0.2) is 0 Å². The van der Waals surface area contributed by atoms with Gasteiger partial charge in [0.25, 0.3) is 0 Å². The van der Waals surface area contributed by atoms with Gasteiger partial charge in [0.1, 0.15) is 0 Å². The minimum atomic E-state index is 0.0554. The zero-order valence-corrected chi connectivity index (χ0v) is 7.03. The molecule has 1 saturated carbocycles. The van der Waals surface area contributed by atoms with Gasteiger partial charge in [-0.25, -0.2) is 0 Å². The van der Waals surface area contributed by atoms with E-state index in [-0.39, 0.29) is 5.91 Å². The monoisotopic (exact) mass is 159 g/mol. The number of rotatable bonds is 2. The molecule has 1 rings (SSSR count). The summed E-state index contributed by atoms with van der Waals surface area (Å²) in [5.74, 6) is 1.03. The van der Waals surface area contributed by atoms with Gasteiger partial charge in [-0.15, -0.1) is 0 Å². The van der Waals surface area contributed by atoms with Gasteiger partial charge < -0.3 is 5.32 Å². The first kappa shape index (κ1) is 7.92. The van der Waals surface area contributed by atoms with Crippen molar-refractivity contribution in [3.63, 3.8) is 0 Å². The van der Waals surface area contributed by atoms with Crippen LogP contribution < -0.4 is 5.32 Å². The molecular weight excluding hydrogens is 146 g/mol. The molecule has 0 aliphatic heterocycles. The van der Waals surface area contributed by atoms with Gasteiger partial charge in [-0.3, -0.25) is 4.79 Å². The second-order valence-corrected chi connectivity index (χ2v) is 3.20. The number of nitrogens with one attached hydrogen (secondary N) is 1. The van der Waals surface area contributed by atoms with Gasteiger partial charge in [-0.05, 0) is 18.8 Å². The smallest absolute Gasteiger partial charge is 0.229 e. The Bertz CT molecular complexity index is 138. The van der Waals surface area contributed by atoms with Crippen LogP contribution in [0.3, 0.4) is 0 Å².